The number of rotatable bonds is 11. The predicted molar refractivity (Wildman–Crippen MR) is 400 cm³/mol. The maximum Gasteiger partial charge on any atom is 0.137 e. The van der Waals surface area contributed by atoms with E-state index in [2.05, 4.69) is 297 Å². The Morgan fingerprint density at radius 1 is 0.196 bits per heavy atom. The average molecular weight is 1240 g/mol. The molecule has 6 aromatic heterocycles. The fraction of sp³-hybridized carbons (Fsp3) is 0. The Labute approximate surface area is 559 Å². The topological polar surface area (TPSA) is 69.4 Å². The second-order valence-corrected chi connectivity index (χ2v) is 25.2. The number of hydrogen-bond donors (Lipinski definition) is 0. The molecule has 0 aliphatic heterocycles. The number of benzene rings is 13. The number of aromatic nitrogens is 4. The summed E-state index contributed by atoms with van der Waals surface area (Å²) in [6, 6.07) is 117. The van der Waals surface area contributed by atoms with Gasteiger partial charge in [0.05, 0.1) is 28.5 Å². The molecule has 0 atom stereocenters. The van der Waals surface area contributed by atoms with E-state index in [1.807, 2.05) is 47.0 Å². The van der Waals surface area contributed by atoms with Crippen LogP contribution in [0.15, 0.2) is 349 Å². The van der Waals surface area contributed by atoms with Crippen molar-refractivity contribution >= 4 is 71.1 Å². The molecule has 6 nitrogen and oxygen atoms in total. The summed E-state index contributed by atoms with van der Waals surface area (Å²) in [6.45, 7) is 0. The van der Waals surface area contributed by atoms with Gasteiger partial charge < -0.3 is 13.2 Å². The third-order valence-electron chi connectivity index (χ3n) is 19.3. The van der Waals surface area contributed by atoms with Gasteiger partial charge in [0.1, 0.15) is 28.0 Å². The van der Waals surface area contributed by atoms with E-state index in [0.717, 1.165) is 150 Å². The zero-order chi connectivity index (χ0) is 63.9. The fourth-order valence-corrected chi connectivity index (χ4v) is 14.1. The van der Waals surface area contributed by atoms with Crippen LogP contribution in [-0.2, 0) is 0 Å². The zero-order valence-corrected chi connectivity index (χ0v) is 52.4. The molecule has 0 saturated heterocycles. The first-order valence-corrected chi connectivity index (χ1v) is 32.8. The standard InChI is InChI=1S/C91H56N4O2/c1-3-11-62(12-4-1)82-51-74(60-22-18-57(19-23-60)67-36-41-76-72(47-67)34-35-73-48-68(37-42-77(73)76)70-40-45-88-80(50-70)78-15-7-8-16-87(78)96-88)53-84(92-82)64-28-26-59(27-29-64)71-38-43-79-81-49-69(39-44-89(81)97-90(79)55-71)58-20-24-61(25-21-58)75-52-83(63-13-5-2-6-14-63)93-85(54-75)65-30-32-66(33-31-65)86-56-95-46-10-9-17-91(95)94-86/h1-56H. The predicted octanol–water partition coefficient (Wildman–Crippen LogP) is 24.6. The number of imidazole rings is 1. The van der Waals surface area contributed by atoms with Crippen molar-refractivity contribution in [1.29, 1.82) is 0 Å². The minimum Gasteiger partial charge on any atom is -0.456 e. The van der Waals surface area contributed by atoms with Crippen molar-refractivity contribution in [2.75, 3.05) is 0 Å². The van der Waals surface area contributed by atoms with Crippen LogP contribution in [-0.4, -0.2) is 19.4 Å². The lowest BCUT2D eigenvalue weighted by molar-refractivity contribution is 0.668. The molecule has 0 spiro atoms. The Kier molecular flexibility index (Phi) is 13.1. The lowest BCUT2D eigenvalue weighted by Crippen LogP contribution is -1.91. The summed E-state index contributed by atoms with van der Waals surface area (Å²) in [5.41, 5.74) is 27.9. The Hall–Kier alpha value is -13.0. The molecule has 13 aromatic carbocycles. The molecular formula is C91H56N4O2. The summed E-state index contributed by atoms with van der Waals surface area (Å²) < 4.78 is 14.8. The molecule has 19 rings (SSSR count). The maximum atomic E-state index is 6.59. The lowest BCUT2D eigenvalue weighted by Gasteiger charge is -2.12. The van der Waals surface area contributed by atoms with Gasteiger partial charge in [-0.2, -0.15) is 0 Å². The second-order valence-electron chi connectivity index (χ2n) is 25.2. The van der Waals surface area contributed by atoms with Gasteiger partial charge in [-0.15, -0.1) is 0 Å². The molecule has 0 amide bonds. The van der Waals surface area contributed by atoms with Crippen molar-refractivity contribution < 1.29 is 8.83 Å². The molecule has 6 heterocycles. The van der Waals surface area contributed by atoms with Crippen LogP contribution in [0.4, 0.5) is 0 Å². The number of nitrogens with zero attached hydrogens (tertiary/aromatic N) is 4. The molecule has 0 radical (unpaired) electrons. The van der Waals surface area contributed by atoms with Gasteiger partial charge >= 0.3 is 0 Å². The molecule has 0 fully saturated rings. The van der Waals surface area contributed by atoms with Crippen LogP contribution in [0.1, 0.15) is 0 Å². The minimum absolute atomic E-state index is 0.850. The Bertz CT molecular complexity index is 6230. The zero-order valence-electron chi connectivity index (χ0n) is 52.4. The van der Waals surface area contributed by atoms with E-state index in [1.54, 1.807) is 0 Å². The van der Waals surface area contributed by atoms with Gasteiger partial charge in [0.15, 0.2) is 0 Å². The third-order valence-corrected chi connectivity index (χ3v) is 19.3. The van der Waals surface area contributed by atoms with Crippen molar-refractivity contribution in [3.8, 4) is 123 Å². The van der Waals surface area contributed by atoms with E-state index in [0.29, 0.717) is 0 Å². The normalized spacial score (nSPS) is 11.7. The SMILES string of the molecule is c1ccc(-c2cc(-c3ccc(-c4ccc5c(ccc6cc(-c7ccc8oc9ccccc9c8c7)ccc65)c4)cc3)cc(-c3ccc(-c4ccc5c(c4)oc4ccc(-c6ccc(-c7cc(-c8ccccc8)nc(-c8ccc(-c9cn%10ccccc%10n9)cc8)c7)cc6)cc45)cc3)n2)cc1. The van der Waals surface area contributed by atoms with Crippen LogP contribution < -0.4 is 0 Å². The van der Waals surface area contributed by atoms with Crippen LogP contribution >= 0.6 is 0 Å². The number of para-hydroxylation sites is 1. The molecular weight excluding hydrogens is 1180 g/mol. The van der Waals surface area contributed by atoms with Gasteiger partial charge in [-0.05, 0) is 179 Å². The Morgan fingerprint density at radius 3 is 1.06 bits per heavy atom. The molecule has 19 aromatic rings. The van der Waals surface area contributed by atoms with Gasteiger partial charge in [-0.3, -0.25) is 0 Å². The molecule has 452 valence electrons. The van der Waals surface area contributed by atoms with Crippen LogP contribution in [0.2, 0.25) is 0 Å². The summed E-state index contributed by atoms with van der Waals surface area (Å²) in [6.07, 6.45) is 4.10. The number of hydrogen-bond acceptors (Lipinski definition) is 5. The van der Waals surface area contributed by atoms with Crippen molar-refractivity contribution in [2.45, 2.75) is 0 Å². The molecule has 0 aliphatic carbocycles. The van der Waals surface area contributed by atoms with E-state index < -0.39 is 0 Å². The highest BCUT2D eigenvalue weighted by Gasteiger charge is 2.17. The van der Waals surface area contributed by atoms with Gasteiger partial charge in [0, 0.05) is 61.8 Å². The minimum atomic E-state index is 0.850. The molecule has 0 saturated carbocycles. The fourth-order valence-electron chi connectivity index (χ4n) is 14.1. The van der Waals surface area contributed by atoms with E-state index in [4.69, 9.17) is 23.8 Å². The highest BCUT2D eigenvalue weighted by atomic mass is 16.3. The van der Waals surface area contributed by atoms with Crippen molar-refractivity contribution in [3.63, 3.8) is 0 Å². The van der Waals surface area contributed by atoms with Gasteiger partial charge in [0.2, 0.25) is 0 Å². The third kappa shape index (κ3) is 10.2. The van der Waals surface area contributed by atoms with E-state index in [9.17, 15) is 0 Å². The lowest BCUT2D eigenvalue weighted by atomic mass is 9.94. The summed E-state index contributed by atoms with van der Waals surface area (Å²) in [5, 5.41) is 9.35. The number of furan rings is 2. The summed E-state index contributed by atoms with van der Waals surface area (Å²) in [5.74, 6) is 0. The summed E-state index contributed by atoms with van der Waals surface area (Å²) in [4.78, 5) is 15.3. The average Bonchev–Trinajstić information content (AvgIpc) is 1.75. The van der Waals surface area contributed by atoms with Crippen LogP contribution in [0, 0.1) is 0 Å². The van der Waals surface area contributed by atoms with Gasteiger partial charge in [-0.1, -0.05) is 237 Å². The quantitative estimate of drug-likeness (QED) is 0.121. The van der Waals surface area contributed by atoms with Crippen LogP contribution in [0.3, 0.4) is 0 Å². The van der Waals surface area contributed by atoms with E-state index >= 15 is 0 Å². The largest absolute Gasteiger partial charge is 0.456 e. The van der Waals surface area contributed by atoms with E-state index in [-0.39, 0.29) is 0 Å². The molecule has 0 unspecified atom stereocenters. The highest BCUT2D eigenvalue weighted by Crippen LogP contribution is 2.41. The van der Waals surface area contributed by atoms with Crippen molar-refractivity contribution in [1.82, 2.24) is 19.4 Å². The second kappa shape index (κ2) is 22.9. The monoisotopic (exact) mass is 1240 g/mol. The summed E-state index contributed by atoms with van der Waals surface area (Å²) >= 11 is 0. The van der Waals surface area contributed by atoms with Crippen LogP contribution in [0.5, 0.6) is 0 Å². The molecule has 0 bridgehead atoms. The first-order chi connectivity index (χ1) is 47.9. The molecule has 97 heavy (non-hydrogen) atoms. The summed E-state index contributed by atoms with van der Waals surface area (Å²) in [7, 11) is 0. The van der Waals surface area contributed by atoms with Gasteiger partial charge in [0.25, 0.3) is 0 Å². The highest BCUT2D eigenvalue weighted by molar-refractivity contribution is 6.11. The Balaban J connectivity index is 0.570. The van der Waals surface area contributed by atoms with Crippen LogP contribution in [0.25, 0.3) is 194 Å². The van der Waals surface area contributed by atoms with E-state index in [1.165, 1.54) is 43.8 Å². The smallest absolute Gasteiger partial charge is 0.137 e. The van der Waals surface area contributed by atoms with Crippen molar-refractivity contribution in [2.24, 2.45) is 0 Å². The van der Waals surface area contributed by atoms with Gasteiger partial charge in [-0.25, -0.2) is 15.0 Å². The Morgan fingerprint density at radius 2 is 0.546 bits per heavy atom. The number of fused-ring (bicyclic) bond motifs is 10. The maximum absolute atomic E-state index is 6.59. The molecule has 0 N–H and O–H groups in total. The molecule has 6 heteroatoms. The number of pyridine rings is 3. The first-order valence-electron chi connectivity index (χ1n) is 32.8. The van der Waals surface area contributed by atoms with Crippen molar-refractivity contribution in [3.05, 3.63) is 340 Å². The first kappa shape index (κ1) is 55.6. The molecule has 0 aliphatic rings.